The summed E-state index contributed by atoms with van der Waals surface area (Å²) in [5, 5.41) is 0. The summed E-state index contributed by atoms with van der Waals surface area (Å²) in [6.07, 6.45) is 8.70. The Bertz CT molecular complexity index is 116. The molecule has 0 heterocycles. The van der Waals surface area contributed by atoms with Crippen LogP contribution in [0.15, 0.2) is 0 Å². The fraction of sp³-hybridized carbons (Fsp3) is 1.00. The molecular formula is C9H17N. The van der Waals surface area contributed by atoms with Crippen molar-refractivity contribution < 1.29 is 0 Å². The van der Waals surface area contributed by atoms with Crippen LogP contribution in [-0.2, 0) is 0 Å². The third-order valence-corrected chi connectivity index (χ3v) is 3.09. The molecule has 2 aliphatic carbocycles. The van der Waals surface area contributed by atoms with Crippen molar-refractivity contribution in [3.63, 3.8) is 0 Å². The third-order valence-electron chi connectivity index (χ3n) is 3.09. The van der Waals surface area contributed by atoms with E-state index in [2.05, 4.69) is 0 Å². The van der Waals surface area contributed by atoms with Gasteiger partial charge in [0.25, 0.3) is 0 Å². The lowest BCUT2D eigenvalue weighted by Crippen LogP contribution is -2.04. The molecule has 2 saturated carbocycles. The van der Waals surface area contributed by atoms with E-state index in [9.17, 15) is 0 Å². The number of nitrogens with two attached hydrogens (primary N) is 1. The molecule has 2 fully saturated rings. The fourth-order valence-corrected chi connectivity index (χ4v) is 2.22. The van der Waals surface area contributed by atoms with Gasteiger partial charge in [0.15, 0.2) is 0 Å². The highest BCUT2D eigenvalue weighted by Crippen LogP contribution is 2.39. The van der Waals surface area contributed by atoms with Gasteiger partial charge >= 0.3 is 0 Å². The lowest BCUT2D eigenvalue weighted by atomic mass is 10.0. The van der Waals surface area contributed by atoms with Gasteiger partial charge in [-0.25, -0.2) is 0 Å². The Balaban J connectivity index is 1.70. The Morgan fingerprint density at radius 3 is 2.30 bits per heavy atom. The van der Waals surface area contributed by atoms with E-state index in [0.29, 0.717) is 6.04 Å². The van der Waals surface area contributed by atoms with Crippen molar-refractivity contribution in [3.8, 4) is 0 Å². The number of rotatable bonds is 2. The first-order valence-corrected chi connectivity index (χ1v) is 4.62. The topological polar surface area (TPSA) is 26.0 Å². The van der Waals surface area contributed by atoms with Crippen molar-refractivity contribution in [1.29, 1.82) is 0 Å². The minimum atomic E-state index is 0.584. The lowest BCUT2D eigenvalue weighted by molar-refractivity contribution is 0.465. The summed E-state index contributed by atoms with van der Waals surface area (Å²) in [6, 6.07) is 0.584. The molecule has 0 aromatic heterocycles. The minimum Gasteiger partial charge on any atom is -0.327 e. The fourth-order valence-electron chi connectivity index (χ4n) is 2.22. The van der Waals surface area contributed by atoms with Crippen LogP contribution >= 0.6 is 0 Å². The van der Waals surface area contributed by atoms with Crippen LogP contribution < -0.4 is 5.73 Å². The summed E-state index contributed by atoms with van der Waals surface area (Å²) in [5.74, 6) is 1.97. The molecule has 10 heavy (non-hydrogen) atoms. The highest BCUT2D eigenvalue weighted by Gasteiger charge is 2.35. The molecule has 58 valence electrons. The van der Waals surface area contributed by atoms with Gasteiger partial charge in [0.05, 0.1) is 0 Å². The van der Waals surface area contributed by atoms with Crippen LogP contribution in [0.3, 0.4) is 0 Å². The van der Waals surface area contributed by atoms with E-state index in [-0.39, 0.29) is 0 Å². The average Bonchev–Trinajstić information content (AvgIpc) is 2.48. The van der Waals surface area contributed by atoms with Crippen molar-refractivity contribution in [2.75, 3.05) is 0 Å². The second kappa shape index (κ2) is 2.54. The predicted octanol–water partition coefficient (Wildman–Crippen LogP) is 1.91. The molecule has 2 aliphatic rings. The summed E-state index contributed by atoms with van der Waals surface area (Å²) < 4.78 is 0. The van der Waals surface area contributed by atoms with Gasteiger partial charge in [0.2, 0.25) is 0 Å². The molecule has 0 spiro atoms. The van der Waals surface area contributed by atoms with E-state index >= 15 is 0 Å². The quantitative estimate of drug-likeness (QED) is 0.621. The van der Waals surface area contributed by atoms with Gasteiger partial charge in [-0.05, 0) is 24.7 Å². The normalized spacial score (nSPS) is 40.5. The summed E-state index contributed by atoms with van der Waals surface area (Å²) >= 11 is 0. The first-order valence-electron chi connectivity index (χ1n) is 4.62. The van der Waals surface area contributed by atoms with E-state index < -0.39 is 0 Å². The van der Waals surface area contributed by atoms with Crippen LogP contribution in [0.2, 0.25) is 0 Å². The first kappa shape index (κ1) is 6.66. The molecule has 0 radical (unpaired) electrons. The van der Waals surface area contributed by atoms with Gasteiger partial charge in [0, 0.05) is 6.04 Å². The zero-order valence-electron chi connectivity index (χ0n) is 6.55. The summed E-state index contributed by atoms with van der Waals surface area (Å²) in [7, 11) is 0. The molecule has 0 aromatic carbocycles. The number of hydrogen-bond acceptors (Lipinski definition) is 1. The molecule has 0 amide bonds. The smallest absolute Gasteiger partial charge is 0.00710 e. The maximum Gasteiger partial charge on any atom is 0.00710 e. The van der Waals surface area contributed by atoms with Gasteiger partial charge in [-0.3, -0.25) is 0 Å². The minimum absolute atomic E-state index is 0.584. The predicted molar refractivity (Wildman–Crippen MR) is 42.7 cm³/mol. The van der Waals surface area contributed by atoms with Gasteiger partial charge < -0.3 is 5.73 Å². The third kappa shape index (κ3) is 1.34. The Kier molecular flexibility index (Phi) is 1.69. The van der Waals surface area contributed by atoms with E-state index in [1.807, 2.05) is 0 Å². The second-order valence-corrected chi connectivity index (χ2v) is 4.05. The van der Waals surface area contributed by atoms with Crippen molar-refractivity contribution >= 4 is 0 Å². The van der Waals surface area contributed by atoms with Crippen LogP contribution in [-0.4, -0.2) is 6.04 Å². The molecule has 0 unspecified atom stereocenters. The zero-order valence-corrected chi connectivity index (χ0v) is 6.55. The van der Waals surface area contributed by atoms with Crippen LogP contribution in [0.25, 0.3) is 0 Å². The van der Waals surface area contributed by atoms with Gasteiger partial charge in [-0.1, -0.05) is 25.7 Å². The molecular weight excluding hydrogens is 122 g/mol. The van der Waals surface area contributed by atoms with Crippen LogP contribution in [0.5, 0.6) is 0 Å². The second-order valence-electron chi connectivity index (χ2n) is 4.05. The maximum absolute atomic E-state index is 5.74. The molecule has 0 saturated heterocycles. The molecule has 2 rings (SSSR count). The standard InChI is InChI=1S/C9H17N/c10-9-6-8(9)5-7-3-1-2-4-7/h7-9H,1-6,10H2/t8-,9-/m1/s1. The molecule has 2 atom stereocenters. The Morgan fingerprint density at radius 1 is 1.20 bits per heavy atom. The van der Waals surface area contributed by atoms with Crippen LogP contribution in [0, 0.1) is 11.8 Å². The molecule has 1 heteroatoms. The molecule has 0 aliphatic heterocycles. The SMILES string of the molecule is N[C@@H]1C[C@H]1CC1CCCC1. The Hall–Kier alpha value is -0.0400. The Morgan fingerprint density at radius 2 is 1.80 bits per heavy atom. The molecule has 2 N–H and O–H groups in total. The maximum atomic E-state index is 5.74. The largest absolute Gasteiger partial charge is 0.327 e. The van der Waals surface area contributed by atoms with E-state index in [0.717, 1.165) is 11.8 Å². The molecule has 0 aromatic rings. The van der Waals surface area contributed by atoms with E-state index in [1.165, 1.54) is 38.5 Å². The van der Waals surface area contributed by atoms with Crippen LogP contribution in [0.1, 0.15) is 38.5 Å². The monoisotopic (exact) mass is 139 g/mol. The van der Waals surface area contributed by atoms with Crippen molar-refractivity contribution in [2.24, 2.45) is 17.6 Å². The summed E-state index contributed by atoms with van der Waals surface area (Å²) in [4.78, 5) is 0. The average molecular weight is 139 g/mol. The number of hydrogen-bond donors (Lipinski definition) is 1. The van der Waals surface area contributed by atoms with E-state index in [1.54, 1.807) is 0 Å². The molecule has 0 bridgehead atoms. The highest BCUT2D eigenvalue weighted by molar-refractivity contribution is 4.91. The zero-order chi connectivity index (χ0) is 6.97. The van der Waals surface area contributed by atoms with Crippen molar-refractivity contribution in [3.05, 3.63) is 0 Å². The Labute approximate surface area is 63.0 Å². The van der Waals surface area contributed by atoms with E-state index in [4.69, 9.17) is 5.73 Å². The van der Waals surface area contributed by atoms with Crippen molar-refractivity contribution in [1.82, 2.24) is 0 Å². The summed E-state index contributed by atoms with van der Waals surface area (Å²) in [6.45, 7) is 0. The molecule has 1 nitrogen and oxygen atoms in total. The van der Waals surface area contributed by atoms with Gasteiger partial charge in [-0.2, -0.15) is 0 Å². The highest BCUT2D eigenvalue weighted by atomic mass is 14.7. The van der Waals surface area contributed by atoms with Gasteiger partial charge in [0.1, 0.15) is 0 Å². The lowest BCUT2D eigenvalue weighted by Gasteiger charge is -2.05. The van der Waals surface area contributed by atoms with Gasteiger partial charge in [-0.15, -0.1) is 0 Å². The summed E-state index contributed by atoms with van der Waals surface area (Å²) in [5.41, 5.74) is 5.74. The van der Waals surface area contributed by atoms with Crippen molar-refractivity contribution in [2.45, 2.75) is 44.6 Å². The first-order chi connectivity index (χ1) is 4.86. The van der Waals surface area contributed by atoms with Crippen LogP contribution in [0.4, 0.5) is 0 Å².